The van der Waals surface area contributed by atoms with Crippen LogP contribution in [0.25, 0.3) is 0 Å². The van der Waals surface area contributed by atoms with Gasteiger partial charge in [0.15, 0.2) is 23.0 Å². The van der Waals surface area contributed by atoms with Gasteiger partial charge in [-0.1, -0.05) is 0 Å². The van der Waals surface area contributed by atoms with Gasteiger partial charge in [-0.25, -0.2) is 0 Å². The third-order valence-electron chi connectivity index (χ3n) is 7.13. The van der Waals surface area contributed by atoms with Crippen LogP contribution >= 0.6 is 0 Å². The quantitative estimate of drug-likeness (QED) is 0.686. The number of hydrogen-bond acceptors (Lipinski definition) is 6. The molecule has 31 heavy (non-hydrogen) atoms. The summed E-state index contributed by atoms with van der Waals surface area (Å²) in [6.45, 7) is 1.02. The lowest BCUT2D eigenvalue weighted by molar-refractivity contribution is 0.0894. The van der Waals surface area contributed by atoms with Gasteiger partial charge in [-0.3, -0.25) is 4.90 Å². The molecular weight excluding hydrogens is 394 g/mol. The molecule has 166 valence electrons. The van der Waals surface area contributed by atoms with Crippen LogP contribution in [0.2, 0.25) is 0 Å². The van der Waals surface area contributed by atoms with E-state index in [0.29, 0.717) is 23.8 Å². The zero-order valence-corrected chi connectivity index (χ0v) is 19.0. The Morgan fingerprint density at radius 3 is 2.00 bits per heavy atom. The van der Waals surface area contributed by atoms with Crippen molar-refractivity contribution in [2.24, 2.45) is 5.92 Å². The van der Waals surface area contributed by atoms with E-state index < -0.39 is 0 Å². The molecule has 0 radical (unpaired) electrons. The van der Waals surface area contributed by atoms with Gasteiger partial charge >= 0.3 is 0 Å². The molecule has 2 aliphatic heterocycles. The molecule has 0 amide bonds. The van der Waals surface area contributed by atoms with E-state index in [9.17, 15) is 0 Å². The monoisotopic (exact) mass is 425 g/mol. The number of methoxy groups -OCH3 is 5. The highest BCUT2D eigenvalue weighted by Gasteiger charge is 2.47. The topological polar surface area (TPSA) is 49.4 Å². The molecule has 0 N–H and O–H groups in total. The third-order valence-corrected chi connectivity index (χ3v) is 7.13. The molecule has 0 aromatic heterocycles. The van der Waals surface area contributed by atoms with Crippen molar-refractivity contribution in [3.05, 3.63) is 40.5 Å². The Balaban J connectivity index is 1.68. The summed E-state index contributed by atoms with van der Waals surface area (Å²) in [7, 11) is 8.50. The molecule has 2 heterocycles. The lowest BCUT2D eigenvalue weighted by atomic mass is 9.78. The summed E-state index contributed by atoms with van der Waals surface area (Å²) in [5, 5.41) is 0. The Labute approximate surface area is 184 Å². The first-order chi connectivity index (χ1) is 15.1. The van der Waals surface area contributed by atoms with E-state index in [1.165, 1.54) is 35.1 Å². The summed E-state index contributed by atoms with van der Waals surface area (Å²) < 4.78 is 28.5. The molecule has 2 atom stereocenters. The molecule has 0 bridgehead atoms. The molecule has 2 aromatic carbocycles. The normalized spacial score (nSPS) is 22.1. The summed E-state index contributed by atoms with van der Waals surface area (Å²) in [4.78, 5) is 2.68. The lowest BCUT2D eigenvalue weighted by Gasteiger charge is -2.47. The second kappa shape index (κ2) is 7.83. The standard InChI is InChI=1S/C25H31NO5/c1-27-19-11-15-8-9-26-18(17(15)13-20(19)28-2)10-16-12-21(29-3)24(30-4)25(31-5)22(16)23(26)14-6-7-14/h11-14,18,23H,6-10H2,1-5H3/t18-,23-/m1/s1. The van der Waals surface area contributed by atoms with Gasteiger partial charge in [0.05, 0.1) is 35.5 Å². The molecule has 5 rings (SSSR count). The number of ether oxygens (including phenoxy) is 5. The lowest BCUT2D eigenvalue weighted by Crippen LogP contribution is -2.43. The summed E-state index contributed by atoms with van der Waals surface area (Å²) in [6, 6.07) is 7.10. The van der Waals surface area contributed by atoms with Crippen LogP contribution in [0.3, 0.4) is 0 Å². The molecule has 6 nitrogen and oxygen atoms in total. The van der Waals surface area contributed by atoms with E-state index in [1.807, 2.05) is 0 Å². The number of nitrogens with zero attached hydrogens (tertiary/aromatic N) is 1. The van der Waals surface area contributed by atoms with Gasteiger partial charge in [0.25, 0.3) is 0 Å². The number of fused-ring (bicyclic) bond motifs is 4. The van der Waals surface area contributed by atoms with Crippen LogP contribution in [0.15, 0.2) is 18.2 Å². The molecule has 0 unspecified atom stereocenters. The van der Waals surface area contributed by atoms with E-state index >= 15 is 0 Å². The molecule has 2 aromatic rings. The van der Waals surface area contributed by atoms with Crippen LogP contribution in [-0.4, -0.2) is 47.0 Å². The molecule has 1 fully saturated rings. The molecular formula is C25H31NO5. The summed E-state index contributed by atoms with van der Waals surface area (Å²) >= 11 is 0. The van der Waals surface area contributed by atoms with Crippen LogP contribution < -0.4 is 23.7 Å². The molecule has 0 spiro atoms. The summed E-state index contributed by atoms with van der Waals surface area (Å²) in [5.41, 5.74) is 5.26. The van der Waals surface area contributed by atoms with Crippen molar-refractivity contribution in [1.82, 2.24) is 4.90 Å². The molecule has 1 saturated carbocycles. The molecule has 0 saturated heterocycles. The molecule has 1 aliphatic carbocycles. The highest BCUT2D eigenvalue weighted by Crippen LogP contribution is 2.58. The van der Waals surface area contributed by atoms with E-state index in [-0.39, 0.29) is 0 Å². The predicted molar refractivity (Wildman–Crippen MR) is 118 cm³/mol. The van der Waals surface area contributed by atoms with Gasteiger partial charge in [0.2, 0.25) is 5.75 Å². The van der Waals surface area contributed by atoms with Crippen molar-refractivity contribution in [2.75, 3.05) is 42.1 Å². The number of hydrogen-bond donors (Lipinski definition) is 0. The smallest absolute Gasteiger partial charge is 0.203 e. The zero-order valence-electron chi connectivity index (χ0n) is 19.0. The minimum Gasteiger partial charge on any atom is -0.493 e. The Kier molecular flexibility index (Phi) is 5.13. The average Bonchev–Trinajstić information content (AvgIpc) is 3.65. The largest absolute Gasteiger partial charge is 0.493 e. The van der Waals surface area contributed by atoms with E-state index in [4.69, 9.17) is 23.7 Å². The maximum absolute atomic E-state index is 5.93. The first kappa shape index (κ1) is 20.3. The van der Waals surface area contributed by atoms with Crippen LogP contribution in [0.5, 0.6) is 28.7 Å². The van der Waals surface area contributed by atoms with E-state index in [1.54, 1.807) is 35.5 Å². The number of rotatable bonds is 6. The van der Waals surface area contributed by atoms with Crippen molar-refractivity contribution < 1.29 is 23.7 Å². The number of benzene rings is 2. The SMILES string of the molecule is COc1cc2c(cc1OC)[C@H]1Cc3cc(OC)c(OC)c(OC)c3[C@@H](C3CC3)N1CC2. The summed E-state index contributed by atoms with van der Waals surface area (Å²) in [6.07, 6.45) is 4.41. The van der Waals surface area contributed by atoms with E-state index in [0.717, 1.165) is 42.4 Å². The van der Waals surface area contributed by atoms with Gasteiger partial charge in [-0.15, -0.1) is 0 Å². The van der Waals surface area contributed by atoms with Gasteiger partial charge in [0, 0.05) is 24.2 Å². The van der Waals surface area contributed by atoms with Crippen LogP contribution in [-0.2, 0) is 12.8 Å². The van der Waals surface area contributed by atoms with Crippen LogP contribution in [0.1, 0.15) is 47.2 Å². The van der Waals surface area contributed by atoms with Crippen molar-refractivity contribution in [1.29, 1.82) is 0 Å². The maximum Gasteiger partial charge on any atom is 0.203 e. The van der Waals surface area contributed by atoms with Gasteiger partial charge in [-0.05, 0) is 66.5 Å². The van der Waals surface area contributed by atoms with Crippen molar-refractivity contribution in [3.63, 3.8) is 0 Å². The fraction of sp³-hybridized carbons (Fsp3) is 0.520. The van der Waals surface area contributed by atoms with Crippen LogP contribution in [0, 0.1) is 5.92 Å². The maximum atomic E-state index is 5.93. The first-order valence-electron chi connectivity index (χ1n) is 11.0. The highest BCUT2D eigenvalue weighted by molar-refractivity contribution is 5.62. The zero-order chi connectivity index (χ0) is 21.7. The Bertz CT molecular complexity index is 1000. The Hall–Kier alpha value is -2.60. The van der Waals surface area contributed by atoms with Gasteiger partial charge in [0.1, 0.15) is 0 Å². The van der Waals surface area contributed by atoms with Gasteiger partial charge in [-0.2, -0.15) is 0 Å². The fourth-order valence-corrected chi connectivity index (χ4v) is 5.62. The van der Waals surface area contributed by atoms with Gasteiger partial charge < -0.3 is 23.7 Å². The third kappa shape index (κ3) is 3.11. The summed E-state index contributed by atoms with van der Waals surface area (Å²) in [5.74, 6) is 4.49. The van der Waals surface area contributed by atoms with Crippen molar-refractivity contribution >= 4 is 0 Å². The predicted octanol–water partition coefficient (Wildman–Crippen LogP) is 4.34. The van der Waals surface area contributed by atoms with E-state index in [2.05, 4.69) is 23.1 Å². The second-order valence-electron chi connectivity index (χ2n) is 8.61. The second-order valence-corrected chi connectivity index (χ2v) is 8.61. The highest BCUT2D eigenvalue weighted by atomic mass is 16.5. The van der Waals surface area contributed by atoms with Crippen LogP contribution in [0.4, 0.5) is 0 Å². The Morgan fingerprint density at radius 1 is 0.742 bits per heavy atom. The van der Waals surface area contributed by atoms with Crippen molar-refractivity contribution in [3.8, 4) is 28.7 Å². The molecule has 3 aliphatic rings. The first-order valence-corrected chi connectivity index (χ1v) is 11.0. The average molecular weight is 426 g/mol. The minimum atomic E-state index is 0.296. The Morgan fingerprint density at radius 2 is 1.39 bits per heavy atom. The van der Waals surface area contributed by atoms with Crippen molar-refractivity contribution in [2.45, 2.75) is 37.8 Å². The minimum absolute atomic E-state index is 0.296. The fourth-order valence-electron chi connectivity index (χ4n) is 5.62. The molecule has 6 heteroatoms.